The quantitative estimate of drug-likeness (QED) is 0.513. The van der Waals surface area contributed by atoms with Gasteiger partial charge in [-0.2, -0.15) is 0 Å². The summed E-state index contributed by atoms with van der Waals surface area (Å²) in [7, 11) is -3.42. The van der Waals surface area contributed by atoms with Gasteiger partial charge in [0.25, 0.3) is 0 Å². The first-order chi connectivity index (χ1) is 16.2. The van der Waals surface area contributed by atoms with E-state index in [2.05, 4.69) is 20.9 Å². The third-order valence-corrected chi connectivity index (χ3v) is 9.48. The van der Waals surface area contributed by atoms with Crippen molar-refractivity contribution < 1.29 is 22.3 Å². The number of hydrogen-bond acceptors (Lipinski definition) is 7. The Bertz CT molecular complexity index is 1140. The zero-order valence-electron chi connectivity index (χ0n) is 19.3. The van der Waals surface area contributed by atoms with E-state index >= 15 is 0 Å². The fraction of sp³-hybridized carbons (Fsp3) is 0.583. The maximum atomic E-state index is 14.5. The summed E-state index contributed by atoms with van der Waals surface area (Å²) in [6.07, 6.45) is 7.86. The van der Waals surface area contributed by atoms with Crippen LogP contribution >= 0.6 is 0 Å². The van der Waals surface area contributed by atoms with Crippen LogP contribution in [0.2, 0.25) is 0 Å². The summed E-state index contributed by atoms with van der Waals surface area (Å²) in [5.74, 6) is 0.800. The van der Waals surface area contributed by atoms with Crippen LogP contribution in [0.5, 0.6) is 0 Å². The summed E-state index contributed by atoms with van der Waals surface area (Å²) in [4.78, 5) is 16.3. The van der Waals surface area contributed by atoms with Crippen molar-refractivity contribution in [3.05, 3.63) is 35.8 Å². The number of benzene rings is 1. The molecule has 184 valence electrons. The van der Waals surface area contributed by atoms with Crippen molar-refractivity contribution in [1.29, 1.82) is 0 Å². The number of guanidine groups is 1. The molecule has 1 aromatic carbocycles. The second-order valence-corrected chi connectivity index (χ2v) is 12.4. The summed E-state index contributed by atoms with van der Waals surface area (Å²) in [6, 6.07) is 3.96. The Morgan fingerprint density at radius 1 is 1.29 bits per heavy atom. The molecule has 1 aliphatic heterocycles. The molecular formula is C24H31FN4O4S. The SMILES string of the molecule is CC1(NC(=O)OCCC2CC(C3=CNC(Nc4ccc(S(=O)(=O)C5CC5)cc4F)=NC3)C2)CC1. The van der Waals surface area contributed by atoms with Gasteiger partial charge >= 0.3 is 6.09 Å². The molecule has 4 aliphatic rings. The molecule has 0 bridgehead atoms. The van der Waals surface area contributed by atoms with Crippen LogP contribution in [0, 0.1) is 17.7 Å². The third kappa shape index (κ3) is 5.21. The molecule has 0 unspecified atom stereocenters. The van der Waals surface area contributed by atoms with Gasteiger partial charge in [-0.1, -0.05) is 0 Å². The summed E-state index contributed by atoms with van der Waals surface area (Å²) >= 11 is 0. The molecule has 8 nitrogen and oxygen atoms in total. The molecule has 1 heterocycles. The number of rotatable bonds is 8. The van der Waals surface area contributed by atoms with E-state index in [4.69, 9.17) is 4.74 Å². The van der Waals surface area contributed by atoms with E-state index in [-0.39, 0.29) is 27.5 Å². The number of alkyl carbamates (subject to hydrolysis) is 1. The number of ether oxygens (including phenoxy) is 1. The van der Waals surface area contributed by atoms with E-state index in [0.717, 1.165) is 38.2 Å². The number of anilines is 1. The van der Waals surface area contributed by atoms with Gasteiger partial charge in [0.05, 0.1) is 29.0 Å². The molecule has 3 fully saturated rings. The Hall–Kier alpha value is -2.62. The number of amides is 1. The average Bonchev–Trinajstić information content (AvgIpc) is 3.69. The molecule has 0 radical (unpaired) electrons. The van der Waals surface area contributed by atoms with Crippen molar-refractivity contribution >= 4 is 27.6 Å². The van der Waals surface area contributed by atoms with Crippen LogP contribution in [0.15, 0.2) is 39.9 Å². The maximum Gasteiger partial charge on any atom is 0.407 e. The van der Waals surface area contributed by atoms with Crippen molar-refractivity contribution in [2.24, 2.45) is 16.8 Å². The van der Waals surface area contributed by atoms with E-state index < -0.39 is 15.7 Å². The molecule has 0 spiro atoms. The summed E-state index contributed by atoms with van der Waals surface area (Å²) in [5, 5.41) is 8.51. The number of carbonyl (C=O) groups excluding carboxylic acids is 1. The van der Waals surface area contributed by atoms with E-state index in [1.807, 2.05) is 13.1 Å². The minimum Gasteiger partial charge on any atom is -0.450 e. The fourth-order valence-electron chi connectivity index (χ4n) is 4.41. The smallest absolute Gasteiger partial charge is 0.407 e. The number of nitrogens with one attached hydrogen (secondary N) is 3. The molecule has 5 rings (SSSR count). The molecule has 0 saturated heterocycles. The molecule has 0 aromatic heterocycles. The molecule has 0 atom stereocenters. The van der Waals surface area contributed by atoms with Crippen molar-refractivity contribution in [2.75, 3.05) is 18.5 Å². The lowest BCUT2D eigenvalue weighted by atomic mass is 9.70. The molecule has 10 heteroatoms. The first-order valence-electron chi connectivity index (χ1n) is 12.0. The summed E-state index contributed by atoms with van der Waals surface area (Å²) in [6.45, 7) is 2.99. The first-order valence-corrected chi connectivity index (χ1v) is 13.5. The van der Waals surface area contributed by atoms with Crippen LogP contribution in [0.3, 0.4) is 0 Å². The third-order valence-electron chi connectivity index (χ3n) is 7.22. The van der Waals surface area contributed by atoms with Gasteiger partial charge in [-0.15, -0.1) is 0 Å². The maximum absolute atomic E-state index is 14.5. The highest BCUT2D eigenvalue weighted by Crippen LogP contribution is 2.41. The fourth-order valence-corrected chi connectivity index (χ4v) is 6.07. The zero-order valence-corrected chi connectivity index (χ0v) is 20.1. The Morgan fingerprint density at radius 2 is 2.06 bits per heavy atom. The lowest BCUT2D eigenvalue weighted by molar-refractivity contribution is 0.116. The predicted molar refractivity (Wildman–Crippen MR) is 127 cm³/mol. The van der Waals surface area contributed by atoms with Gasteiger partial charge in [-0.25, -0.2) is 22.6 Å². The van der Waals surface area contributed by atoms with Crippen molar-refractivity contribution in [1.82, 2.24) is 10.6 Å². The van der Waals surface area contributed by atoms with Gasteiger partial charge in [0.1, 0.15) is 5.82 Å². The molecule has 3 saturated carbocycles. The average molecular weight is 491 g/mol. The lowest BCUT2D eigenvalue weighted by Gasteiger charge is -2.37. The van der Waals surface area contributed by atoms with Gasteiger partial charge in [0, 0.05) is 11.7 Å². The van der Waals surface area contributed by atoms with Crippen LogP contribution in [0.25, 0.3) is 0 Å². The minimum atomic E-state index is -3.42. The number of hydrogen-bond donors (Lipinski definition) is 3. The molecule has 3 aliphatic carbocycles. The zero-order chi connectivity index (χ0) is 23.9. The lowest BCUT2D eigenvalue weighted by Crippen LogP contribution is -2.36. The molecular weight excluding hydrogens is 459 g/mol. The Labute approximate surface area is 199 Å². The van der Waals surface area contributed by atoms with E-state index in [0.29, 0.717) is 43.8 Å². The predicted octanol–water partition coefficient (Wildman–Crippen LogP) is 3.71. The number of nitrogens with zero attached hydrogens (tertiary/aromatic N) is 1. The monoisotopic (exact) mass is 490 g/mol. The molecule has 1 amide bonds. The van der Waals surface area contributed by atoms with Crippen LogP contribution in [0.1, 0.15) is 51.9 Å². The van der Waals surface area contributed by atoms with Gasteiger partial charge in [-0.05, 0) is 87.5 Å². The Morgan fingerprint density at radius 3 is 2.68 bits per heavy atom. The van der Waals surface area contributed by atoms with Gasteiger partial charge in [0.15, 0.2) is 15.8 Å². The molecule has 1 aromatic rings. The largest absolute Gasteiger partial charge is 0.450 e. The number of carbonyl (C=O) groups is 1. The summed E-state index contributed by atoms with van der Waals surface area (Å²) in [5.41, 5.74) is 1.33. The van der Waals surface area contributed by atoms with E-state index in [9.17, 15) is 17.6 Å². The Balaban J connectivity index is 1.04. The van der Waals surface area contributed by atoms with Crippen molar-refractivity contribution in [3.8, 4) is 0 Å². The van der Waals surface area contributed by atoms with E-state index in [1.165, 1.54) is 17.7 Å². The normalized spacial score (nSPS) is 25.2. The van der Waals surface area contributed by atoms with E-state index in [1.54, 1.807) is 0 Å². The second kappa shape index (κ2) is 8.87. The van der Waals surface area contributed by atoms with Gasteiger partial charge in [-0.3, -0.25) is 0 Å². The highest BCUT2D eigenvalue weighted by Gasteiger charge is 2.39. The van der Waals surface area contributed by atoms with Gasteiger partial charge in [0.2, 0.25) is 0 Å². The number of aliphatic imine (C=N–C) groups is 1. The molecule has 34 heavy (non-hydrogen) atoms. The van der Waals surface area contributed by atoms with Gasteiger partial charge < -0.3 is 20.7 Å². The standard InChI is InChI=1S/C24H31FN4O4S/c1-24(7-8-24)29-23(30)33-9-6-15-10-16(11-15)17-13-26-22(27-14-17)28-21-5-4-19(12-20(21)25)34(31,32)18-2-3-18/h4-5,12-13,15-16,18H,2-3,6-11,14H2,1H3,(H,29,30)(H2,26,27,28). The highest BCUT2D eigenvalue weighted by atomic mass is 32.2. The number of sulfone groups is 1. The minimum absolute atomic E-state index is 0.0292. The number of halogens is 1. The topological polar surface area (TPSA) is 109 Å². The summed E-state index contributed by atoms with van der Waals surface area (Å²) < 4.78 is 44.4. The first kappa shape index (κ1) is 23.1. The highest BCUT2D eigenvalue weighted by molar-refractivity contribution is 7.92. The van der Waals surface area contributed by atoms with Crippen LogP contribution in [-0.4, -0.2) is 44.4 Å². The second-order valence-electron chi connectivity index (χ2n) is 10.2. The van der Waals surface area contributed by atoms with Crippen LogP contribution in [-0.2, 0) is 14.6 Å². The molecule has 3 N–H and O–H groups in total. The van der Waals surface area contributed by atoms with Crippen molar-refractivity contribution in [3.63, 3.8) is 0 Å². The van der Waals surface area contributed by atoms with Crippen LogP contribution < -0.4 is 16.0 Å². The van der Waals surface area contributed by atoms with Crippen LogP contribution in [0.4, 0.5) is 14.9 Å². The Kier molecular flexibility index (Phi) is 6.03. The van der Waals surface area contributed by atoms with Crippen molar-refractivity contribution in [2.45, 2.75) is 67.6 Å².